The Morgan fingerprint density at radius 2 is 2.16 bits per heavy atom. The van der Waals surface area contributed by atoms with Crippen molar-refractivity contribution >= 4 is 11.9 Å². The second-order valence-electron chi connectivity index (χ2n) is 5.11. The van der Waals surface area contributed by atoms with E-state index in [9.17, 15) is 9.59 Å². The summed E-state index contributed by atoms with van der Waals surface area (Å²) in [5.41, 5.74) is 1.000. The van der Waals surface area contributed by atoms with Gasteiger partial charge in [-0.05, 0) is 43.9 Å². The number of hydrogen-bond acceptors (Lipinski definition) is 2. The smallest absolute Gasteiger partial charge is 0.335 e. The average Bonchev–Trinajstić information content (AvgIpc) is 2.39. The molecule has 1 aliphatic heterocycles. The van der Waals surface area contributed by atoms with Crippen LogP contribution in [0.5, 0.6) is 0 Å². The number of aromatic carboxylic acids is 1. The van der Waals surface area contributed by atoms with E-state index in [1.54, 1.807) is 24.3 Å². The van der Waals surface area contributed by atoms with Gasteiger partial charge in [-0.1, -0.05) is 12.1 Å². The molecule has 1 aliphatic rings. The number of nitrogens with zero attached hydrogens (tertiary/aromatic N) is 1. The number of carboxylic acid groups (broad SMARTS) is 1. The van der Waals surface area contributed by atoms with Gasteiger partial charge in [-0.3, -0.25) is 4.79 Å². The number of benzene rings is 1. The van der Waals surface area contributed by atoms with Gasteiger partial charge in [0.25, 0.3) is 0 Å². The van der Waals surface area contributed by atoms with E-state index in [1.807, 2.05) is 4.90 Å². The van der Waals surface area contributed by atoms with Gasteiger partial charge >= 0.3 is 5.97 Å². The summed E-state index contributed by atoms with van der Waals surface area (Å²) in [5.74, 6) is -0.865. The average molecular weight is 261 g/mol. The van der Waals surface area contributed by atoms with Gasteiger partial charge in [0.2, 0.25) is 5.91 Å². The van der Waals surface area contributed by atoms with Crippen LogP contribution in [0, 0.1) is 0 Å². The van der Waals surface area contributed by atoms with Gasteiger partial charge in [0, 0.05) is 12.6 Å². The summed E-state index contributed by atoms with van der Waals surface area (Å²) in [6.45, 7) is 2.89. The van der Waals surface area contributed by atoms with E-state index in [-0.39, 0.29) is 17.9 Å². The predicted octanol–water partition coefficient (Wildman–Crippen LogP) is 2.33. The fraction of sp³-hybridized carbons (Fsp3) is 0.467. The maximum absolute atomic E-state index is 12.2. The lowest BCUT2D eigenvalue weighted by atomic mass is 10.0. The van der Waals surface area contributed by atoms with Crippen LogP contribution in [0.1, 0.15) is 42.1 Å². The Morgan fingerprint density at radius 3 is 2.84 bits per heavy atom. The van der Waals surface area contributed by atoms with E-state index in [0.717, 1.165) is 24.9 Å². The summed E-state index contributed by atoms with van der Waals surface area (Å²) in [6.07, 6.45) is 3.58. The van der Waals surface area contributed by atoms with Crippen LogP contribution in [-0.2, 0) is 11.2 Å². The topological polar surface area (TPSA) is 57.6 Å². The van der Waals surface area contributed by atoms with Crippen LogP contribution in [-0.4, -0.2) is 34.5 Å². The molecule has 0 aliphatic carbocycles. The van der Waals surface area contributed by atoms with E-state index < -0.39 is 5.97 Å². The van der Waals surface area contributed by atoms with E-state index in [1.165, 1.54) is 6.42 Å². The Balaban J connectivity index is 2.06. The van der Waals surface area contributed by atoms with Gasteiger partial charge in [0.05, 0.1) is 12.0 Å². The number of carbonyl (C=O) groups is 2. The van der Waals surface area contributed by atoms with Crippen molar-refractivity contribution in [3.8, 4) is 0 Å². The predicted molar refractivity (Wildman–Crippen MR) is 72.1 cm³/mol. The van der Waals surface area contributed by atoms with Crippen LogP contribution in [0.25, 0.3) is 0 Å². The quantitative estimate of drug-likeness (QED) is 0.908. The number of amides is 1. The zero-order valence-corrected chi connectivity index (χ0v) is 11.1. The summed E-state index contributed by atoms with van der Waals surface area (Å²) < 4.78 is 0. The van der Waals surface area contributed by atoms with Gasteiger partial charge in [0.15, 0.2) is 0 Å². The zero-order chi connectivity index (χ0) is 13.8. The number of rotatable bonds is 3. The number of hydrogen-bond donors (Lipinski definition) is 1. The first-order valence-electron chi connectivity index (χ1n) is 6.69. The first kappa shape index (κ1) is 13.6. The summed E-state index contributed by atoms with van der Waals surface area (Å²) in [4.78, 5) is 25.0. The molecule has 1 amide bonds. The number of carbonyl (C=O) groups excluding carboxylic acids is 1. The Morgan fingerprint density at radius 1 is 1.37 bits per heavy atom. The molecule has 1 saturated heterocycles. The molecule has 1 fully saturated rings. The molecule has 0 aromatic heterocycles. The third kappa shape index (κ3) is 3.34. The number of carboxylic acids is 1. The highest BCUT2D eigenvalue weighted by Gasteiger charge is 2.23. The Labute approximate surface area is 113 Å². The molecule has 102 valence electrons. The fourth-order valence-electron chi connectivity index (χ4n) is 2.56. The minimum atomic E-state index is -0.958. The molecule has 4 nitrogen and oxygen atoms in total. The lowest BCUT2D eigenvalue weighted by Crippen LogP contribution is -2.42. The lowest BCUT2D eigenvalue weighted by molar-refractivity contribution is -0.133. The third-order valence-corrected chi connectivity index (χ3v) is 3.65. The second-order valence-corrected chi connectivity index (χ2v) is 5.11. The van der Waals surface area contributed by atoms with Crippen molar-refractivity contribution in [2.75, 3.05) is 6.54 Å². The number of likely N-dealkylation sites (tertiary alicyclic amines) is 1. The monoisotopic (exact) mass is 261 g/mol. The lowest BCUT2D eigenvalue weighted by Gasteiger charge is -2.33. The summed E-state index contributed by atoms with van der Waals surface area (Å²) >= 11 is 0. The van der Waals surface area contributed by atoms with E-state index in [4.69, 9.17) is 5.11 Å². The first-order chi connectivity index (χ1) is 9.08. The maximum atomic E-state index is 12.2. The molecule has 1 N–H and O–H groups in total. The third-order valence-electron chi connectivity index (χ3n) is 3.65. The zero-order valence-electron chi connectivity index (χ0n) is 11.1. The normalized spacial score (nSPS) is 19.2. The second kappa shape index (κ2) is 5.87. The highest BCUT2D eigenvalue weighted by molar-refractivity contribution is 5.88. The Bertz CT molecular complexity index is 484. The molecule has 1 atom stereocenters. The largest absolute Gasteiger partial charge is 0.478 e. The minimum Gasteiger partial charge on any atom is -0.478 e. The van der Waals surface area contributed by atoms with Crippen LogP contribution < -0.4 is 0 Å². The van der Waals surface area contributed by atoms with Crippen molar-refractivity contribution in [2.45, 2.75) is 38.6 Å². The van der Waals surface area contributed by atoms with Crippen molar-refractivity contribution in [3.05, 3.63) is 35.4 Å². The van der Waals surface area contributed by atoms with Gasteiger partial charge in [-0.15, -0.1) is 0 Å². The molecule has 1 heterocycles. The molecule has 0 spiro atoms. The summed E-state index contributed by atoms with van der Waals surface area (Å²) in [7, 11) is 0. The molecule has 0 radical (unpaired) electrons. The molecule has 1 aromatic carbocycles. The van der Waals surface area contributed by atoms with Crippen molar-refractivity contribution in [2.24, 2.45) is 0 Å². The SMILES string of the molecule is CC1CCCCN1C(=O)Cc1cccc(C(=O)O)c1. The first-order valence-corrected chi connectivity index (χ1v) is 6.69. The van der Waals surface area contributed by atoms with Crippen LogP contribution in [0.2, 0.25) is 0 Å². The van der Waals surface area contributed by atoms with Crippen LogP contribution >= 0.6 is 0 Å². The molecular weight excluding hydrogens is 242 g/mol. The molecule has 4 heteroatoms. The Hall–Kier alpha value is -1.84. The van der Waals surface area contributed by atoms with E-state index in [2.05, 4.69) is 6.92 Å². The molecule has 1 unspecified atom stereocenters. The van der Waals surface area contributed by atoms with Crippen molar-refractivity contribution in [3.63, 3.8) is 0 Å². The minimum absolute atomic E-state index is 0.0924. The van der Waals surface area contributed by atoms with E-state index in [0.29, 0.717) is 6.04 Å². The van der Waals surface area contributed by atoms with Gasteiger partial charge in [0.1, 0.15) is 0 Å². The van der Waals surface area contributed by atoms with Gasteiger partial charge in [-0.25, -0.2) is 4.79 Å². The summed E-state index contributed by atoms with van der Waals surface area (Å²) in [5, 5.41) is 8.94. The molecular formula is C15H19NO3. The molecule has 0 saturated carbocycles. The van der Waals surface area contributed by atoms with Gasteiger partial charge < -0.3 is 10.0 Å². The van der Waals surface area contributed by atoms with Crippen molar-refractivity contribution < 1.29 is 14.7 Å². The van der Waals surface area contributed by atoms with Gasteiger partial charge in [-0.2, -0.15) is 0 Å². The molecule has 2 rings (SSSR count). The summed E-state index contributed by atoms with van der Waals surface area (Å²) in [6, 6.07) is 6.91. The fourth-order valence-corrected chi connectivity index (χ4v) is 2.56. The number of piperidine rings is 1. The van der Waals surface area contributed by atoms with Crippen LogP contribution in [0.4, 0.5) is 0 Å². The highest BCUT2D eigenvalue weighted by atomic mass is 16.4. The van der Waals surface area contributed by atoms with Crippen molar-refractivity contribution in [1.82, 2.24) is 4.90 Å². The maximum Gasteiger partial charge on any atom is 0.335 e. The Kier molecular flexibility index (Phi) is 4.20. The highest BCUT2D eigenvalue weighted by Crippen LogP contribution is 2.18. The van der Waals surface area contributed by atoms with Crippen LogP contribution in [0.15, 0.2) is 24.3 Å². The standard InChI is InChI=1S/C15H19NO3/c1-11-5-2-3-8-16(11)14(17)10-12-6-4-7-13(9-12)15(18)19/h4,6-7,9,11H,2-3,5,8,10H2,1H3,(H,18,19). The van der Waals surface area contributed by atoms with E-state index >= 15 is 0 Å². The van der Waals surface area contributed by atoms with Crippen molar-refractivity contribution in [1.29, 1.82) is 0 Å². The van der Waals surface area contributed by atoms with Crippen LogP contribution in [0.3, 0.4) is 0 Å². The molecule has 19 heavy (non-hydrogen) atoms. The molecule has 0 bridgehead atoms. The molecule has 1 aromatic rings.